The van der Waals surface area contributed by atoms with Crippen molar-refractivity contribution in [3.63, 3.8) is 0 Å². The molecule has 2 rings (SSSR count). The van der Waals surface area contributed by atoms with Crippen LogP contribution in [-0.4, -0.2) is 17.4 Å². The van der Waals surface area contributed by atoms with E-state index in [1.165, 1.54) is 0 Å². The van der Waals surface area contributed by atoms with Gasteiger partial charge in [0.15, 0.2) is 0 Å². The fourth-order valence-corrected chi connectivity index (χ4v) is 1.73. The molecule has 1 unspecified atom stereocenters. The summed E-state index contributed by atoms with van der Waals surface area (Å²) >= 11 is 0. The molecule has 0 aromatic heterocycles. The van der Waals surface area contributed by atoms with Crippen LogP contribution in [0.3, 0.4) is 0 Å². The first-order valence-corrected chi connectivity index (χ1v) is 4.26. The highest BCUT2D eigenvalue weighted by molar-refractivity contribution is 5.89. The molecule has 0 bridgehead atoms. The molecule has 0 fully saturated rings. The average Bonchev–Trinajstić information content (AvgIpc) is 2.49. The molecule has 0 radical (unpaired) electrons. The quantitative estimate of drug-likeness (QED) is 0.683. The third-order valence-electron chi connectivity index (χ3n) is 2.42. The molecule has 1 aromatic rings. The number of anilines is 1. The lowest BCUT2D eigenvalue weighted by Crippen LogP contribution is -2.10. The summed E-state index contributed by atoms with van der Waals surface area (Å²) in [5, 5.41) is 12.6. The van der Waals surface area contributed by atoms with Crippen LogP contribution >= 0.6 is 0 Å². The predicted molar refractivity (Wildman–Crippen MR) is 50.0 cm³/mol. The van der Waals surface area contributed by atoms with Gasteiger partial charge in [-0.1, -0.05) is 6.07 Å². The average molecular weight is 177 g/mol. The first-order chi connectivity index (χ1) is 6.20. The number of benzene rings is 1. The third kappa shape index (κ3) is 1.16. The molecular formula is C10H11NO2. The maximum Gasteiger partial charge on any atom is 0.139 e. The van der Waals surface area contributed by atoms with Gasteiger partial charge in [-0.25, -0.2) is 0 Å². The Balaban J connectivity index is 2.52. The van der Waals surface area contributed by atoms with Gasteiger partial charge >= 0.3 is 0 Å². The molecule has 0 spiro atoms. The van der Waals surface area contributed by atoms with Gasteiger partial charge in [0.25, 0.3) is 0 Å². The van der Waals surface area contributed by atoms with Crippen molar-refractivity contribution < 1.29 is 9.90 Å². The number of phenols is 1. The van der Waals surface area contributed by atoms with Gasteiger partial charge in [-0.2, -0.15) is 0 Å². The highest BCUT2D eigenvalue weighted by atomic mass is 16.3. The molecule has 1 atom stereocenters. The van der Waals surface area contributed by atoms with Gasteiger partial charge in [0.2, 0.25) is 0 Å². The summed E-state index contributed by atoms with van der Waals surface area (Å²) < 4.78 is 0. The Morgan fingerprint density at radius 3 is 3.08 bits per heavy atom. The van der Waals surface area contributed by atoms with Gasteiger partial charge in [0.1, 0.15) is 11.5 Å². The Kier molecular flexibility index (Phi) is 1.72. The van der Waals surface area contributed by atoms with Gasteiger partial charge < -0.3 is 10.4 Å². The van der Waals surface area contributed by atoms with E-state index in [0.717, 1.165) is 11.3 Å². The number of aromatic hydroxyl groups is 1. The van der Waals surface area contributed by atoms with Crippen molar-refractivity contribution in [1.82, 2.24) is 0 Å². The van der Waals surface area contributed by atoms with Crippen LogP contribution in [0.5, 0.6) is 5.75 Å². The summed E-state index contributed by atoms with van der Waals surface area (Å²) in [6, 6.07) is 5.25. The zero-order chi connectivity index (χ0) is 9.42. The molecule has 0 saturated carbocycles. The normalized spacial score (nSPS) is 19.3. The first kappa shape index (κ1) is 8.10. The minimum Gasteiger partial charge on any atom is -0.508 e. The van der Waals surface area contributed by atoms with E-state index in [2.05, 4.69) is 5.32 Å². The summed E-state index contributed by atoms with van der Waals surface area (Å²) in [5.74, 6) is 0.117. The molecule has 3 heteroatoms. The van der Waals surface area contributed by atoms with Crippen molar-refractivity contribution in [3.8, 4) is 5.75 Å². The van der Waals surface area contributed by atoms with Crippen molar-refractivity contribution in [2.75, 3.05) is 11.9 Å². The molecule has 0 aliphatic carbocycles. The van der Waals surface area contributed by atoms with Crippen LogP contribution in [0.4, 0.5) is 5.69 Å². The van der Waals surface area contributed by atoms with E-state index in [1.54, 1.807) is 19.1 Å². The molecule has 1 aliphatic rings. The molecule has 0 saturated heterocycles. The van der Waals surface area contributed by atoms with Crippen LogP contribution in [0.2, 0.25) is 0 Å². The highest BCUT2D eigenvalue weighted by Crippen LogP contribution is 2.38. The standard InChI is InChI=1S/C10H11NO2/c1-6(12)7-5-11-8-3-2-4-9(13)10(7)8/h2-4,7,11,13H,5H2,1H3. The number of hydrogen-bond acceptors (Lipinski definition) is 3. The molecule has 0 amide bonds. The second-order valence-electron chi connectivity index (χ2n) is 3.28. The fourth-order valence-electron chi connectivity index (χ4n) is 1.73. The Morgan fingerprint density at radius 1 is 1.62 bits per heavy atom. The lowest BCUT2D eigenvalue weighted by Gasteiger charge is -2.06. The Hall–Kier alpha value is -1.51. The molecule has 13 heavy (non-hydrogen) atoms. The summed E-state index contributed by atoms with van der Waals surface area (Å²) in [6.07, 6.45) is 0. The third-order valence-corrected chi connectivity index (χ3v) is 2.42. The monoisotopic (exact) mass is 177 g/mol. The van der Waals surface area contributed by atoms with E-state index in [4.69, 9.17) is 0 Å². The smallest absolute Gasteiger partial charge is 0.139 e. The van der Waals surface area contributed by atoms with E-state index in [0.29, 0.717) is 6.54 Å². The molecule has 1 heterocycles. The summed E-state index contributed by atoms with van der Waals surface area (Å²) in [5.41, 5.74) is 1.62. The number of phenolic OH excluding ortho intramolecular Hbond substituents is 1. The highest BCUT2D eigenvalue weighted by Gasteiger charge is 2.28. The lowest BCUT2D eigenvalue weighted by molar-refractivity contribution is -0.118. The maximum absolute atomic E-state index is 11.2. The fraction of sp³-hybridized carbons (Fsp3) is 0.300. The van der Waals surface area contributed by atoms with Crippen molar-refractivity contribution in [2.24, 2.45) is 0 Å². The molecular weight excluding hydrogens is 166 g/mol. The molecule has 68 valence electrons. The van der Waals surface area contributed by atoms with Crippen LogP contribution in [-0.2, 0) is 4.79 Å². The SMILES string of the molecule is CC(=O)C1CNc2cccc(O)c21. The number of carbonyl (C=O) groups excluding carboxylic acids is 1. The van der Waals surface area contributed by atoms with Crippen molar-refractivity contribution in [3.05, 3.63) is 23.8 Å². The van der Waals surface area contributed by atoms with Crippen molar-refractivity contribution >= 4 is 11.5 Å². The summed E-state index contributed by atoms with van der Waals surface area (Å²) in [6.45, 7) is 2.15. The van der Waals surface area contributed by atoms with E-state index in [1.807, 2.05) is 6.07 Å². The van der Waals surface area contributed by atoms with Crippen LogP contribution in [0.1, 0.15) is 18.4 Å². The number of ketones is 1. The number of carbonyl (C=O) groups is 1. The number of rotatable bonds is 1. The van der Waals surface area contributed by atoms with Gasteiger partial charge in [0, 0.05) is 17.8 Å². The predicted octanol–water partition coefficient (Wildman–Crippen LogP) is 1.49. The van der Waals surface area contributed by atoms with Gasteiger partial charge in [-0.05, 0) is 19.1 Å². The van der Waals surface area contributed by atoms with E-state index in [9.17, 15) is 9.90 Å². The zero-order valence-electron chi connectivity index (χ0n) is 7.37. The van der Waals surface area contributed by atoms with Crippen LogP contribution in [0.25, 0.3) is 0 Å². The second kappa shape index (κ2) is 2.76. The lowest BCUT2D eigenvalue weighted by atomic mass is 9.97. The minimum atomic E-state index is -0.184. The number of fused-ring (bicyclic) bond motifs is 1. The Bertz CT molecular complexity index is 360. The van der Waals surface area contributed by atoms with E-state index >= 15 is 0 Å². The second-order valence-corrected chi connectivity index (χ2v) is 3.28. The van der Waals surface area contributed by atoms with Gasteiger partial charge in [-0.3, -0.25) is 4.79 Å². The van der Waals surface area contributed by atoms with Gasteiger partial charge in [0.05, 0.1) is 5.92 Å². The minimum absolute atomic E-state index is 0.0905. The first-order valence-electron chi connectivity index (χ1n) is 4.26. The maximum atomic E-state index is 11.2. The number of Topliss-reactive ketones (excluding diaryl/α,β-unsaturated/α-hetero) is 1. The Morgan fingerprint density at radius 2 is 2.38 bits per heavy atom. The van der Waals surface area contributed by atoms with Crippen LogP contribution in [0.15, 0.2) is 18.2 Å². The summed E-state index contributed by atoms with van der Waals surface area (Å²) in [7, 11) is 0. The van der Waals surface area contributed by atoms with E-state index in [-0.39, 0.29) is 17.5 Å². The van der Waals surface area contributed by atoms with Crippen molar-refractivity contribution in [2.45, 2.75) is 12.8 Å². The van der Waals surface area contributed by atoms with Crippen molar-refractivity contribution in [1.29, 1.82) is 0 Å². The largest absolute Gasteiger partial charge is 0.508 e. The summed E-state index contributed by atoms with van der Waals surface area (Å²) in [4.78, 5) is 11.2. The Labute approximate surface area is 76.4 Å². The molecule has 2 N–H and O–H groups in total. The molecule has 1 aromatic carbocycles. The van der Waals surface area contributed by atoms with Gasteiger partial charge in [-0.15, -0.1) is 0 Å². The van der Waals surface area contributed by atoms with E-state index < -0.39 is 0 Å². The van der Waals surface area contributed by atoms with Crippen LogP contribution in [0, 0.1) is 0 Å². The number of nitrogens with one attached hydrogen (secondary N) is 1. The molecule has 3 nitrogen and oxygen atoms in total. The molecule has 1 aliphatic heterocycles. The van der Waals surface area contributed by atoms with Crippen LogP contribution < -0.4 is 5.32 Å². The topological polar surface area (TPSA) is 49.3 Å². The number of hydrogen-bond donors (Lipinski definition) is 2. The zero-order valence-corrected chi connectivity index (χ0v) is 7.37.